The monoisotopic (exact) mass is 310 g/mol. The van der Waals surface area contributed by atoms with Crippen LogP contribution in [0.4, 0.5) is 0 Å². The van der Waals surface area contributed by atoms with Crippen molar-refractivity contribution in [2.75, 3.05) is 31.3 Å². The third-order valence-corrected chi connectivity index (χ3v) is 5.42. The van der Waals surface area contributed by atoms with E-state index in [2.05, 4.69) is 24.8 Å². The zero-order chi connectivity index (χ0) is 15.4. The van der Waals surface area contributed by atoms with E-state index in [0.717, 1.165) is 37.6 Å². The van der Waals surface area contributed by atoms with E-state index in [-0.39, 0.29) is 6.04 Å². The highest BCUT2D eigenvalue weighted by atomic mass is 32.2. The van der Waals surface area contributed by atoms with Crippen LogP contribution >= 0.6 is 11.8 Å². The quantitative estimate of drug-likeness (QED) is 0.347. The van der Waals surface area contributed by atoms with Crippen LogP contribution in [0.15, 0.2) is 0 Å². The minimum Gasteiger partial charge on any atom is -0.333 e. The summed E-state index contributed by atoms with van der Waals surface area (Å²) in [6, 6.07) is 3.03. The van der Waals surface area contributed by atoms with Gasteiger partial charge in [0.15, 0.2) is 0 Å². The maximum absolute atomic E-state index is 9.10. The highest BCUT2D eigenvalue weighted by molar-refractivity contribution is 7.99. The molecule has 21 heavy (non-hydrogen) atoms. The fourth-order valence-corrected chi connectivity index (χ4v) is 4.06. The van der Waals surface area contributed by atoms with Gasteiger partial charge in [-0.2, -0.15) is 5.26 Å². The number of nitrogens with two attached hydrogens (primary N) is 1. The van der Waals surface area contributed by atoms with Crippen LogP contribution in [0.3, 0.4) is 0 Å². The molecule has 6 nitrogen and oxygen atoms in total. The van der Waals surface area contributed by atoms with E-state index in [4.69, 9.17) is 16.5 Å². The summed E-state index contributed by atoms with van der Waals surface area (Å²) >= 11 is 1.71. The van der Waals surface area contributed by atoms with Gasteiger partial charge in [-0.15, -0.1) is 11.8 Å². The Morgan fingerprint density at radius 3 is 2.71 bits per heavy atom. The van der Waals surface area contributed by atoms with Crippen molar-refractivity contribution >= 4 is 17.6 Å². The first-order valence-electron chi connectivity index (χ1n) is 7.59. The third-order valence-electron chi connectivity index (χ3n) is 4.41. The van der Waals surface area contributed by atoms with E-state index < -0.39 is 0 Å². The molecule has 2 rings (SSSR count). The van der Waals surface area contributed by atoms with Crippen LogP contribution in [0.2, 0.25) is 0 Å². The maximum Gasteiger partial charge on any atom is 0.127 e. The number of hydrogen-bond acceptors (Lipinski definition) is 6. The average molecular weight is 310 g/mol. The van der Waals surface area contributed by atoms with Crippen molar-refractivity contribution in [2.45, 2.75) is 44.8 Å². The molecule has 0 spiro atoms. The van der Waals surface area contributed by atoms with Crippen LogP contribution in [0.25, 0.3) is 0 Å². The first-order chi connectivity index (χ1) is 10.0. The molecule has 0 amide bonds. The van der Waals surface area contributed by atoms with Gasteiger partial charge in [-0.25, -0.2) is 5.01 Å². The van der Waals surface area contributed by atoms with Crippen LogP contribution in [0.1, 0.15) is 26.7 Å². The van der Waals surface area contributed by atoms with E-state index in [1.165, 1.54) is 0 Å². The van der Waals surface area contributed by atoms with E-state index in [1.54, 1.807) is 16.8 Å². The Hall–Kier alpha value is -0.810. The standard InChI is InChI=1S/C14H26N6S/c1-11(2)18-5-3-12(4-6-18)20(17)8-14(16)19-10-21-9-13(19)7-15/h11-13,16H,3-6,8-10,17H2,1-2H3. The van der Waals surface area contributed by atoms with Crippen molar-refractivity contribution in [1.29, 1.82) is 10.7 Å². The molecule has 1 atom stereocenters. The fourth-order valence-electron chi connectivity index (χ4n) is 2.94. The van der Waals surface area contributed by atoms with Gasteiger partial charge in [0.25, 0.3) is 0 Å². The summed E-state index contributed by atoms with van der Waals surface area (Å²) in [5.74, 6) is 8.18. The van der Waals surface area contributed by atoms with Gasteiger partial charge in [0, 0.05) is 17.8 Å². The zero-order valence-electron chi connectivity index (χ0n) is 13.0. The lowest BCUT2D eigenvalue weighted by molar-refractivity contribution is 0.100. The zero-order valence-corrected chi connectivity index (χ0v) is 13.8. The van der Waals surface area contributed by atoms with E-state index >= 15 is 0 Å². The summed E-state index contributed by atoms with van der Waals surface area (Å²) in [6.07, 6.45) is 2.11. The number of hydrazine groups is 1. The summed E-state index contributed by atoms with van der Waals surface area (Å²) in [4.78, 5) is 4.34. The van der Waals surface area contributed by atoms with E-state index in [1.807, 2.05) is 4.90 Å². The van der Waals surface area contributed by atoms with Gasteiger partial charge in [-0.05, 0) is 39.8 Å². The van der Waals surface area contributed by atoms with Crippen LogP contribution < -0.4 is 5.84 Å². The largest absolute Gasteiger partial charge is 0.333 e. The highest BCUT2D eigenvalue weighted by Crippen LogP contribution is 2.21. The number of piperidine rings is 1. The predicted octanol–water partition coefficient (Wildman–Crippen LogP) is 0.911. The molecule has 2 aliphatic heterocycles. The van der Waals surface area contributed by atoms with Gasteiger partial charge in [-0.3, -0.25) is 11.3 Å². The Morgan fingerprint density at radius 2 is 2.14 bits per heavy atom. The summed E-state index contributed by atoms with van der Waals surface area (Å²) in [6.45, 7) is 7.03. The van der Waals surface area contributed by atoms with E-state index in [9.17, 15) is 0 Å². The number of thioether (sulfide) groups is 1. The number of hydrogen-bond donors (Lipinski definition) is 2. The third kappa shape index (κ3) is 4.10. The van der Waals surface area contributed by atoms with Gasteiger partial charge in [0.2, 0.25) is 0 Å². The second-order valence-electron chi connectivity index (χ2n) is 6.09. The topological polar surface area (TPSA) is 83.4 Å². The second kappa shape index (κ2) is 7.45. The molecule has 7 heteroatoms. The van der Waals surface area contributed by atoms with Crippen LogP contribution in [0.5, 0.6) is 0 Å². The Labute approximate surface area is 131 Å². The number of nitriles is 1. The lowest BCUT2D eigenvalue weighted by atomic mass is 10.0. The molecular formula is C14H26N6S. The number of rotatable bonds is 4. The molecule has 2 heterocycles. The fraction of sp³-hybridized carbons (Fsp3) is 0.857. The predicted molar refractivity (Wildman–Crippen MR) is 86.9 cm³/mol. The summed E-state index contributed by atoms with van der Waals surface area (Å²) in [7, 11) is 0. The molecule has 0 aromatic rings. The minimum absolute atomic E-state index is 0.168. The normalized spacial score (nSPS) is 24.8. The molecule has 118 valence electrons. The second-order valence-corrected chi connectivity index (χ2v) is 7.09. The van der Waals surface area contributed by atoms with Gasteiger partial charge in [-0.1, -0.05) is 0 Å². The van der Waals surface area contributed by atoms with Crippen LogP contribution in [-0.2, 0) is 0 Å². The van der Waals surface area contributed by atoms with Gasteiger partial charge in [0.05, 0.1) is 18.5 Å². The van der Waals surface area contributed by atoms with Crippen LogP contribution in [0, 0.1) is 16.7 Å². The van der Waals surface area contributed by atoms with Crippen molar-refractivity contribution in [3.63, 3.8) is 0 Å². The van der Waals surface area contributed by atoms with Gasteiger partial charge in [0.1, 0.15) is 11.9 Å². The smallest absolute Gasteiger partial charge is 0.127 e. The molecule has 1 unspecified atom stereocenters. The molecule has 3 N–H and O–H groups in total. The molecule has 0 aliphatic carbocycles. The molecule has 2 aliphatic rings. The number of nitrogens with one attached hydrogen (secondary N) is 1. The lowest BCUT2D eigenvalue weighted by Crippen LogP contribution is -2.53. The van der Waals surface area contributed by atoms with Crippen molar-refractivity contribution < 1.29 is 0 Å². The Bertz CT molecular complexity index is 399. The molecular weight excluding hydrogens is 284 g/mol. The Kier molecular flexibility index (Phi) is 5.88. The molecule has 0 radical (unpaired) electrons. The summed E-state index contributed by atoms with van der Waals surface area (Å²) < 4.78 is 0. The average Bonchev–Trinajstić information content (AvgIpc) is 2.95. The Morgan fingerprint density at radius 1 is 1.48 bits per heavy atom. The summed E-state index contributed by atoms with van der Waals surface area (Å²) in [5.41, 5.74) is 0. The molecule has 0 bridgehead atoms. The van der Waals surface area contributed by atoms with Crippen molar-refractivity contribution in [2.24, 2.45) is 5.84 Å². The number of nitrogens with zero attached hydrogens (tertiary/aromatic N) is 4. The molecule has 2 fully saturated rings. The SMILES string of the molecule is CC(C)N1CCC(N(N)CC(=N)N2CSCC2C#N)CC1. The van der Waals surface area contributed by atoms with Crippen molar-refractivity contribution in [1.82, 2.24) is 14.8 Å². The highest BCUT2D eigenvalue weighted by Gasteiger charge is 2.30. The summed E-state index contributed by atoms with van der Waals surface area (Å²) in [5, 5.41) is 19.1. The van der Waals surface area contributed by atoms with Gasteiger partial charge < -0.3 is 9.80 Å². The molecule has 0 aromatic heterocycles. The molecule has 0 saturated carbocycles. The lowest BCUT2D eigenvalue weighted by Gasteiger charge is -2.38. The van der Waals surface area contributed by atoms with Crippen molar-refractivity contribution in [3.8, 4) is 6.07 Å². The molecule has 0 aromatic carbocycles. The first-order valence-corrected chi connectivity index (χ1v) is 8.75. The minimum atomic E-state index is -0.168. The first kappa shape index (κ1) is 16.6. The van der Waals surface area contributed by atoms with Crippen molar-refractivity contribution in [3.05, 3.63) is 0 Å². The van der Waals surface area contributed by atoms with Gasteiger partial charge >= 0.3 is 0 Å². The number of likely N-dealkylation sites (tertiary alicyclic amines) is 1. The van der Waals surface area contributed by atoms with E-state index in [0.29, 0.717) is 24.5 Å². The molecule has 2 saturated heterocycles. The Balaban J connectivity index is 1.81. The number of amidine groups is 1. The van der Waals surface area contributed by atoms with Crippen LogP contribution in [-0.4, -0.2) is 70.0 Å². The maximum atomic E-state index is 9.10.